The standard InChI is InChI=1S/C18H19BrN2O2/c1-3-4-9-23-17-11-13(19)12(10-16(17)22-2)18-20-14-7-5-6-8-15(14)21-18/h5-8,10-11H,3-4,9H2,1-2H3,(H,20,21). The molecule has 3 rings (SSSR count). The van der Waals surface area contributed by atoms with E-state index < -0.39 is 0 Å². The summed E-state index contributed by atoms with van der Waals surface area (Å²) in [6, 6.07) is 11.9. The van der Waals surface area contributed by atoms with Crippen LogP contribution >= 0.6 is 15.9 Å². The van der Waals surface area contributed by atoms with Crippen LogP contribution in [0.3, 0.4) is 0 Å². The zero-order valence-corrected chi connectivity index (χ0v) is 14.8. The lowest BCUT2D eigenvalue weighted by Crippen LogP contribution is -1.99. The van der Waals surface area contributed by atoms with Crippen molar-refractivity contribution in [3.05, 3.63) is 40.9 Å². The number of rotatable bonds is 6. The molecule has 0 radical (unpaired) electrons. The molecule has 0 spiro atoms. The Morgan fingerprint density at radius 2 is 2.00 bits per heavy atom. The van der Waals surface area contributed by atoms with Gasteiger partial charge in [0.05, 0.1) is 24.8 Å². The van der Waals surface area contributed by atoms with Crippen molar-refractivity contribution in [3.8, 4) is 22.9 Å². The highest BCUT2D eigenvalue weighted by Gasteiger charge is 2.14. The van der Waals surface area contributed by atoms with Gasteiger partial charge in [-0.1, -0.05) is 25.5 Å². The maximum Gasteiger partial charge on any atom is 0.162 e. The molecule has 0 unspecified atom stereocenters. The maximum atomic E-state index is 5.81. The number of ether oxygens (including phenoxy) is 2. The molecule has 0 atom stereocenters. The number of methoxy groups -OCH3 is 1. The van der Waals surface area contributed by atoms with E-state index in [9.17, 15) is 0 Å². The quantitative estimate of drug-likeness (QED) is 0.604. The van der Waals surface area contributed by atoms with Gasteiger partial charge >= 0.3 is 0 Å². The number of unbranched alkanes of at least 4 members (excludes halogenated alkanes) is 1. The molecule has 0 fully saturated rings. The van der Waals surface area contributed by atoms with Crippen molar-refractivity contribution >= 4 is 27.0 Å². The Labute approximate surface area is 144 Å². The number of aromatic amines is 1. The van der Waals surface area contributed by atoms with Gasteiger partial charge in [-0.15, -0.1) is 0 Å². The van der Waals surface area contributed by atoms with Crippen LogP contribution in [-0.4, -0.2) is 23.7 Å². The van der Waals surface area contributed by atoms with Gasteiger partial charge in [0.2, 0.25) is 0 Å². The molecule has 0 aliphatic carbocycles. The molecule has 0 saturated heterocycles. The molecular formula is C18H19BrN2O2. The molecule has 3 aromatic rings. The van der Waals surface area contributed by atoms with E-state index in [1.54, 1.807) is 7.11 Å². The van der Waals surface area contributed by atoms with E-state index in [2.05, 4.69) is 32.8 Å². The highest BCUT2D eigenvalue weighted by Crippen LogP contribution is 2.38. The molecule has 1 N–H and O–H groups in total. The van der Waals surface area contributed by atoms with Gasteiger partial charge in [0.25, 0.3) is 0 Å². The number of nitrogens with one attached hydrogen (secondary N) is 1. The van der Waals surface area contributed by atoms with Crippen LogP contribution in [0, 0.1) is 0 Å². The zero-order chi connectivity index (χ0) is 16.2. The summed E-state index contributed by atoms with van der Waals surface area (Å²) in [7, 11) is 1.65. The molecule has 1 aromatic heterocycles. The predicted molar refractivity (Wildman–Crippen MR) is 96.2 cm³/mol. The van der Waals surface area contributed by atoms with Crippen LogP contribution < -0.4 is 9.47 Å². The molecular weight excluding hydrogens is 356 g/mol. The van der Waals surface area contributed by atoms with Crippen LogP contribution in [-0.2, 0) is 0 Å². The molecule has 0 aliphatic heterocycles. The number of aromatic nitrogens is 2. The van der Waals surface area contributed by atoms with Crippen molar-refractivity contribution in [2.75, 3.05) is 13.7 Å². The normalized spacial score (nSPS) is 10.9. The number of para-hydroxylation sites is 2. The molecule has 0 saturated carbocycles. The highest BCUT2D eigenvalue weighted by molar-refractivity contribution is 9.10. The first-order valence-electron chi connectivity index (χ1n) is 7.68. The van der Waals surface area contributed by atoms with E-state index in [0.29, 0.717) is 12.4 Å². The Kier molecular flexibility index (Phi) is 4.86. The van der Waals surface area contributed by atoms with Crippen molar-refractivity contribution < 1.29 is 9.47 Å². The van der Waals surface area contributed by atoms with E-state index in [1.807, 2.05) is 36.4 Å². The van der Waals surface area contributed by atoms with Gasteiger partial charge in [-0.3, -0.25) is 0 Å². The molecule has 5 heteroatoms. The van der Waals surface area contributed by atoms with Crippen LogP contribution in [0.25, 0.3) is 22.4 Å². The van der Waals surface area contributed by atoms with Crippen LogP contribution in [0.5, 0.6) is 11.5 Å². The minimum absolute atomic E-state index is 0.684. The van der Waals surface area contributed by atoms with Gasteiger partial charge in [-0.2, -0.15) is 0 Å². The van der Waals surface area contributed by atoms with Gasteiger partial charge in [0.1, 0.15) is 5.82 Å². The Hall–Kier alpha value is -2.01. The predicted octanol–water partition coefficient (Wildman–Crippen LogP) is 5.18. The van der Waals surface area contributed by atoms with Crippen LogP contribution in [0.4, 0.5) is 0 Å². The van der Waals surface area contributed by atoms with Gasteiger partial charge in [-0.25, -0.2) is 4.98 Å². The average molecular weight is 375 g/mol. The van der Waals surface area contributed by atoms with Crippen molar-refractivity contribution in [2.45, 2.75) is 19.8 Å². The fourth-order valence-electron chi connectivity index (χ4n) is 2.40. The van der Waals surface area contributed by atoms with E-state index in [1.165, 1.54) is 0 Å². The van der Waals surface area contributed by atoms with Crippen LogP contribution in [0.15, 0.2) is 40.9 Å². The summed E-state index contributed by atoms with van der Waals surface area (Å²) in [4.78, 5) is 7.98. The Morgan fingerprint density at radius 3 is 2.74 bits per heavy atom. The second kappa shape index (κ2) is 7.04. The summed E-state index contributed by atoms with van der Waals surface area (Å²) in [5, 5.41) is 0. The SMILES string of the molecule is CCCCOc1cc(Br)c(-c2nc3ccccc3[nH]2)cc1OC. The smallest absolute Gasteiger partial charge is 0.162 e. The lowest BCUT2D eigenvalue weighted by atomic mass is 10.2. The maximum absolute atomic E-state index is 5.81. The summed E-state index contributed by atoms with van der Waals surface area (Å²) in [5.41, 5.74) is 2.90. The van der Waals surface area contributed by atoms with Crippen molar-refractivity contribution in [3.63, 3.8) is 0 Å². The Morgan fingerprint density at radius 1 is 1.17 bits per heavy atom. The fraction of sp³-hybridized carbons (Fsp3) is 0.278. The molecule has 23 heavy (non-hydrogen) atoms. The summed E-state index contributed by atoms with van der Waals surface area (Å²) >= 11 is 3.62. The molecule has 1 heterocycles. The minimum atomic E-state index is 0.684. The first-order chi connectivity index (χ1) is 11.2. The zero-order valence-electron chi connectivity index (χ0n) is 13.2. The summed E-state index contributed by atoms with van der Waals surface area (Å²) in [6.45, 7) is 2.82. The van der Waals surface area contributed by atoms with Gasteiger partial charge < -0.3 is 14.5 Å². The molecule has 120 valence electrons. The van der Waals surface area contributed by atoms with Crippen molar-refractivity contribution in [1.82, 2.24) is 9.97 Å². The topological polar surface area (TPSA) is 47.1 Å². The van der Waals surface area contributed by atoms with Crippen LogP contribution in [0.1, 0.15) is 19.8 Å². The van der Waals surface area contributed by atoms with E-state index >= 15 is 0 Å². The minimum Gasteiger partial charge on any atom is -0.493 e. The molecule has 4 nitrogen and oxygen atoms in total. The number of fused-ring (bicyclic) bond motifs is 1. The first-order valence-corrected chi connectivity index (χ1v) is 8.47. The highest BCUT2D eigenvalue weighted by atomic mass is 79.9. The average Bonchev–Trinajstić information content (AvgIpc) is 2.99. The number of hydrogen-bond donors (Lipinski definition) is 1. The van der Waals surface area contributed by atoms with Gasteiger partial charge in [-0.05, 0) is 46.6 Å². The largest absolute Gasteiger partial charge is 0.493 e. The number of imidazole rings is 1. The number of halogens is 1. The molecule has 2 aromatic carbocycles. The second-order valence-electron chi connectivity index (χ2n) is 5.29. The molecule has 0 bridgehead atoms. The molecule has 0 amide bonds. The number of H-pyrrole nitrogens is 1. The van der Waals surface area contributed by atoms with Gasteiger partial charge in [0, 0.05) is 10.0 Å². The van der Waals surface area contributed by atoms with E-state index in [-0.39, 0.29) is 0 Å². The summed E-state index contributed by atoms with van der Waals surface area (Å²) < 4.78 is 12.2. The Bertz CT molecular complexity index is 781. The van der Waals surface area contributed by atoms with E-state index in [0.717, 1.165) is 45.5 Å². The second-order valence-corrected chi connectivity index (χ2v) is 6.14. The third-order valence-corrected chi connectivity index (χ3v) is 4.31. The monoisotopic (exact) mass is 374 g/mol. The third kappa shape index (κ3) is 3.34. The first kappa shape index (κ1) is 15.9. The van der Waals surface area contributed by atoms with Crippen molar-refractivity contribution in [2.24, 2.45) is 0 Å². The third-order valence-electron chi connectivity index (χ3n) is 3.65. The lowest BCUT2D eigenvalue weighted by Gasteiger charge is -2.13. The Balaban J connectivity index is 1.98. The lowest BCUT2D eigenvalue weighted by molar-refractivity contribution is 0.288. The fourth-order valence-corrected chi connectivity index (χ4v) is 2.91. The van der Waals surface area contributed by atoms with E-state index in [4.69, 9.17) is 9.47 Å². The van der Waals surface area contributed by atoms with Gasteiger partial charge in [0.15, 0.2) is 11.5 Å². The summed E-state index contributed by atoms with van der Waals surface area (Å²) in [5.74, 6) is 2.25. The van der Waals surface area contributed by atoms with Crippen LogP contribution in [0.2, 0.25) is 0 Å². The number of benzene rings is 2. The molecule has 0 aliphatic rings. The summed E-state index contributed by atoms with van der Waals surface area (Å²) in [6.07, 6.45) is 2.12. The number of nitrogens with zero attached hydrogens (tertiary/aromatic N) is 1. The number of hydrogen-bond acceptors (Lipinski definition) is 3. The van der Waals surface area contributed by atoms with Crippen molar-refractivity contribution in [1.29, 1.82) is 0 Å².